The summed E-state index contributed by atoms with van der Waals surface area (Å²) in [5, 5.41) is 0.448. The van der Waals surface area contributed by atoms with E-state index in [-0.39, 0.29) is 18.6 Å². The van der Waals surface area contributed by atoms with E-state index >= 15 is 0 Å². The summed E-state index contributed by atoms with van der Waals surface area (Å²) in [5.74, 6) is -1.57. The van der Waals surface area contributed by atoms with Crippen LogP contribution in [-0.2, 0) is 23.9 Å². The van der Waals surface area contributed by atoms with Crippen molar-refractivity contribution in [3.8, 4) is 0 Å². The van der Waals surface area contributed by atoms with Gasteiger partial charge >= 0.3 is 11.9 Å². The summed E-state index contributed by atoms with van der Waals surface area (Å²) in [4.78, 5) is 34.5. The molecule has 0 N–H and O–H groups in total. The van der Waals surface area contributed by atoms with Gasteiger partial charge in [-0.2, -0.15) is 0 Å². The van der Waals surface area contributed by atoms with Crippen LogP contribution in [0.1, 0.15) is 25.8 Å². The molecule has 0 saturated heterocycles. The molecule has 0 fully saturated rings. The molecule has 0 bridgehead atoms. The number of ketones is 1. The van der Waals surface area contributed by atoms with Crippen molar-refractivity contribution < 1.29 is 23.9 Å². The number of ether oxygens (including phenoxy) is 2. The van der Waals surface area contributed by atoms with Crippen LogP contribution >= 0.6 is 11.6 Å². The average Bonchev–Trinajstić information content (AvgIpc) is 2.46. The molecule has 118 valence electrons. The summed E-state index contributed by atoms with van der Waals surface area (Å²) in [6.07, 6.45) is 1.30. The largest absolute Gasteiger partial charge is 0.466 e. The summed E-state index contributed by atoms with van der Waals surface area (Å²) < 4.78 is 9.52. The molecule has 0 aliphatic carbocycles. The fraction of sp³-hybridized carbons (Fsp3) is 0.312. The molecule has 0 atom stereocenters. The Morgan fingerprint density at radius 2 is 1.86 bits per heavy atom. The summed E-state index contributed by atoms with van der Waals surface area (Å²) >= 11 is 6.04. The van der Waals surface area contributed by atoms with Crippen molar-refractivity contribution in [1.82, 2.24) is 0 Å². The number of esters is 2. The van der Waals surface area contributed by atoms with E-state index < -0.39 is 24.3 Å². The van der Waals surface area contributed by atoms with Gasteiger partial charge < -0.3 is 9.47 Å². The smallest absolute Gasteiger partial charge is 0.310 e. The summed E-state index contributed by atoms with van der Waals surface area (Å²) in [5.41, 5.74) is 0.771. The number of benzene rings is 1. The van der Waals surface area contributed by atoms with Crippen LogP contribution in [0.5, 0.6) is 0 Å². The van der Waals surface area contributed by atoms with Crippen LogP contribution < -0.4 is 0 Å². The van der Waals surface area contributed by atoms with Crippen LogP contribution in [0.4, 0.5) is 0 Å². The van der Waals surface area contributed by atoms with Crippen molar-refractivity contribution in [1.29, 1.82) is 0 Å². The van der Waals surface area contributed by atoms with E-state index in [1.54, 1.807) is 31.2 Å². The Kier molecular flexibility index (Phi) is 7.32. The Morgan fingerprint density at radius 1 is 1.18 bits per heavy atom. The Bertz CT molecular complexity index is 592. The highest BCUT2D eigenvalue weighted by Crippen LogP contribution is 2.20. The molecule has 22 heavy (non-hydrogen) atoms. The lowest BCUT2D eigenvalue weighted by Gasteiger charge is -2.08. The summed E-state index contributed by atoms with van der Waals surface area (Å²) in [6.45, 7) is 2.67. The number of carbonyl (C=O) groups excluding carboxylic acids is 3. The minimum Gasteiger partial charge on any atom is -0.466 e. The monoisotopic (exact) mass is 324 g/mol. The normalized spacial score (nSPS) is 11.0. The zero-order chi connectivity index (χ0) is 16.5. The highest BCUT2D eigenvalue weighted by atomic mass is 35.5. The Morgan fingerprint density at radius 3 is 2.45 bits per heavy atom. The SMILES string of the molecule is CCOC(=O)CC(=Cc1ccccc1Cl)C(=O)COC(C)=O. The summed E-state index contributed by atoms with van der Waals surface area (Å²) in [6, 6.07) is 6.90. The minimum atomic E-state index is -0.568. The molecule has 0 aromatic heterocycles. The lowest BCUT2D eigenvalue weighted by molar-refractivity contribution is -0.145. The fourth-order valence-electron chi connectivity index (χ4n) is 1.64. The molecule has 0 heterocycles. The zero-order valence-electron chi connectivity index (χ0n) is 12.4. The quantitative estimate of drug-likeness (QED) is 0.570. The molecular weight excluding hydrogens is 308 g/mol. The third kappa shape index (κ3) is 6.10. The van der Waals surface area contributed by atoms with Gasteiger partial charge in [0.1, 0.15) is 0 Å². The maximum absolute atomic E-state index is 12.1. The van der Waals surface area contributed by atoms with Gasteiger partial charge in [0.05, 0.1) is 13.0 Å². The number of rotatable bonds is 7. The Labute approximate surface area is 133 Å². The molecule has 0 aliphatic heterocycles. The van der Waals surface area contributed by atoms with Crippen molar-refractivity contribution >= 4 is 35.4 Å². The van der Waals surface area contributed by atoms with Crippen LogP contribution in [0.15, 0.2) is 29.8 Å². The number of hydrogen-bond acceptors (Lipinski definition) is 5. The molecule has 0 spiro atoms. The predicted molar refractivity (Wildman–Crippen MR) is 82.3 cm³/mol. The van der Waals surface area contributed by atoms with Crippen molar-refractivity contribution in [3.63, 3.8) is 0 Å². The van der Waals surface area contributed by atoms with Crippen LogP contribution in [-0.4, -0.2) is 30.9 Å². The van der Waals surface area contributed by atoms with Gasteiger partial charge in [0.2, 0.25) is 0 Å². The first-order chi connectivity index (χ1) is 10.4. The highest BCUT2D eigenvalue weighted by molar-refractivity contribution is 6.32. The third-order valence-electron chi connectivity index (χ3n) is 2.64. The Hall–Kier alpha value is -2.14. The lowest BCUT2D eigenvalue weighted by atomic mass is 10.0. The molecular formula is C16H17ClO5. The number of carbonyl (C=O) groups is 3. The molecule has 0 aliphatic rings. The molecule has 0 saturated carbocycles. The van der Waals surface area contributed by atoms with Gasteiger partial charge in [0, 0.05) is 17.5 Å². The third-order valence-corrected chi connectivity index (χ3v) is 2.98. The van der Waals surface area contributed by atoms with Crippen molar-refractivity contribution in [2.45, 2.75) is 20.3 Å². The van der Waals surface area contributed by atoms with Crippen LogP contribution in [0.2, 0.25) is 5.02 Å². The Balaban J connectivity index is 3.00. The van der Waals surface area contributed by atoms with E-state index in [1.807, 2.05) is 0 Å². The molecule has 0 unspecified atom stereocenters. The van der Waals surface area contributed by atoms with Gasteiger partial charge in [-0.3, -0.25) is 14.4 Å². The van der Waals surface area contributed by atoms with Crippen molar-refractivity contribution in [2.75, 3.05) is 13.2 Å². The van der Waals surface area contributed by atoms with E-state index in [1.165, 1.54) is 13.0 Å². The average molecular weight is 325 g/mol. The molecule has 0 radical (unpaired) electrons. The van der Waals surface area contributed by atoms with E-state index in [2.05, 4.69) is 4.74 Å². The van der Waals surface area contributed by atoms with Crippen LogP contribution in [0, 0.1) is 0 Å². The topological polar surface area (TPSA) is 69.7 Å². The second-order valence-electron chi connectivity index (χ2n) is 4.38. The van der Waals surface area contributed by atoms with Gasteiger partial charge in [0.15, 0.2) is 12.4 Å². The molecule has 0 amide bonds. The van der Waals surface area contributed by atoms with Crippen LogP contribution in [0.25, 0.3) is 6.08 Å². The van der Waals surface area contributed by atoms with Gasteiger partial charge in [-0.05, 0) is 24.6 Å². The van der Waals surface area contributed by atoms with Gasteiger partial charge in [0.25, 0.3) is 0 Å². The minimum absolute atomic E-state index is 0.174. The van der Waals surface area contributed by atoms with Crippen LogP contribution in [0.3, 0.4) is 0 Å². The first kappa shape index (κ1) is 17.9. The molecule has 1 rings (SSSR count). The molecule has 1 aromatic rings. The van der Waals surface area contributed by atoms with Gasteiger partial charge in [-0.15, -0.1) is 0 Å². The maximum atomic E-state index is 12.1. The van der Waals surface area contributed by atoms with Gasteiger partial charge in [-0.1, -0.05) is 29.8 Å². The standard InChI is InChI=1S/C16H17ClO5/c1-3-21-16(20)9-13(15(19)10-22-11(2)18)8-12-6-4-5-7-14(12)17/h4-8H,3,9-10H2,1-2H3. The first-order valence-electron chi connectivity index (χ1n) is 6.71. The molecule has 6 heteroatoms. The number of halogens is 1. The van der Waals surface area contributed by atoms with Gasteiger partial charge in [-0.25, -0.2) is 0 Å². The van der Waals surface area contributed by atoms with Crippen molar-refractivity contribution in [2.24, 2.45) is 0 Å². The number of hydrogen-bond donors (Lipinski definition) is 0. The second-order valence-corrected chi connectivity index (χ2v) is 4.78. The van der Waals surface area contributed by atoms with E-state index in [4.69, 9.17) is 16.3 Å². The first-order valence-corrected chi connectivity index (χ1v) is 7.09. The van der Waals surface area contributed by atoms with E-state index in [9.17, 15) is 14.4 Å². The summed E-state index contributed by atoms with van der Waals surface area (Å²) in [7, 11) is 0. The maximum Gasteiger partial charge on any atom is 0.310 e. The highest BCUT2D eigenvalue weighted by Gasteiger charge is 2.16. The second kappa shape index (κ2) is 9.00. The van der Waals surface area contributed by atoms with E-state index in [0.717, 1.165) is 0 Å². The van der Waals surface area contributed by atoms with Crippen molar-refractivity contribution in [3.05, 3.63) is 40.4 Å². The number of Topliss-reactive ketones (excluding diaryl/α,β-unsaturated/α-hetero) is 1. The molecule has 5 nitrogen and oxygen atoms in total. The van der Waals surface area contributed by atoms with E-state index in [0.29, 0.717) is 10.6 Å². The zero-order valence-corrected chi connectivity index (χ0v) is 13.2. The lowest BCUT2D eigenvalue weighted by Crippen LogP contribution is -2.17. The molecule has 1 aromatic carbocycles. The predicted octanol–water partition coefficient (Wildman–Crippen LogP) is 2.81. The fourth-order valence-corrected chi connectivity index (χ4v) is 1.83.